The van der Waals surface area contributed by atoms with Gasteiger partial charge in [-0.3, -0.25) is 9.69 Å². The maximum atomic E-state index is 12.6. The largest absolute Gasteiger partial charge is 0.336 e. The minimum atomic E-state index is 0.110. The van der Waals surface area contributed by atoms with Gasteiger partial charge in [-0.25, -0.2) is 9.67 Å². The zero-order valence-electron chi connectivity index (χ0n) is 13.7. The maximum Gasteiger partial charge on any atom is 0.253 e. The van der Waals surface area contributed by atoms with E-state index in [4.69, 9.17) is 0 Å². The Kier molecular flexibility index (Phi) is 4.71. The highest BCUT2D eigenvalue weighted by Crippen LogP contribution is 2.13. The lowest BCUT2D eigenvalue weighted by molar-refractivity contribution is 0.0624. The molecule has 1 aromatic heterocycles. The van der Waals surface area contributed by atoms with Crippen LogP contribution in [-0.4, -0.2) is 63.2 Å². The number of carbonyl (C=O) groups is 1. The van der Waals surface area contributed by atoms with Gasteiger partial charge < -0.3 is 4.90 Å². The molecule has 1 fully saturated rings. The van der Waals surface area contributed by atoms with Crippen LogP contribution < -0.4 is 0 Å². The first-order valence-corrected chi connectivity index (χ1v) is 8.10. The predicted octanol–water partition coefficient (Wildman–Crippen LogP) is 1.68. The summed E-state index contributed by atoms with van der Waals surface area (Å²) in [6.45, 7) is 9.09. The molecule has 0 bridgehead atoms. The first-order chi connectivity index (χ1) is 11.1. The second kappa shape index (κ2) is 6.91. The van der Waals surface area contributed by atoms with Crippen LogP contribution in [0.4, 0.5) is 0 Å². The quantitative estimate of drug-likeness (QED) is 0.862. The predicted molar refractivity (Wildman–Crippen MR) is 88.5 cm³/mol. The van der Waals surface area contributed by atoms with Crippen molar-refractivity contribution in [3.63, 3.8) is 0 Å². The zero-order valence-corrected chi connectivity index (χ0v) is 13.7. The second-order valence-corrected chi connectivity index (χ2v) is 6.37. The molecule has 0 aliphatic carbocycles. The van der Waals surface area contributed by atoms with E-state index in [-0.39, 0.29) is 5.91 Å². The lowest BCUT2D eigenvalue weighted by Crippen LogP contribution is -2.49. The van der Waals surface area contributed by atoms with Crippen LogP contribution in [0.25, 0.3) is 5.69 Å². The van der Waals surface area contributed by atoms with Crippen molar-refractivity contribution in [2.24, 2.45) is 5.92 Å². The molecule has 2 heterocycles. The first-order valence-electron chi connectivity index (χ1n) is 8.10. The van der Waals surface area contributed by atoms with Crippen LogP contribution in [0.3, 0.4) is 0 Å². The van der Waals surface area contributed by atoms with E-state index in [9.17, 15) is 4.79 Å². The Labute approximate surface area is 136 Å². The topological polar surface area (TPSA) is 54.3 Å². The molecule has 0 spiro atoms. The van der Waals surface area contributed by atoms with Gasteiger partial charge in [0.05, 0.1) is 5.69 Å². The molecule has 0 radical (unpaired) electrons. The van der Waals surface area contributed by atoms with E-state index in [1.54, 1.807) is 11.0 Å². The monoisotopic (exact) mass is 313 g/mol. The van der Waals surface area contributed by atoms with Crippen molar-refractivity contribution in [2.45, 2.75) is 13.8 Å². The molecule has 0 saturated carbocycles. The van der Waals surface area contributed by atoms with Gasteiger partial charge in [-0.2, -0.15) is 5.10 Å². The Morgan fingerprint density at radius 2 is 1.83 bits per heavy atom. The molecular formula is C17H23N5O. The normalized spacial score (nSPS) is 16.0. The van der Waals surface area contributed by atoms with Gasteiger partial charge in [0.1, 0.15) is 12.7 Å². The molecule has 1 aliphatic heterocycles. The number of piperazine rings is 1. The van der Waals surface area contributed by atoms with Crippen molar-refractivity contribution < 1.29 is 4.79 Å². The molecule has 1 aromatic carbocycles. The van der Waals surface area contributed by atoms with Crippen LogP contribution in [-0.2, 0) is 0 Å². The summed E-state index contributed by atoms with van der Waals surface area (Å²) >= 11 is 0. The van der Waals surface area contributed by atoms with Crippen LogP contribution >= 0.6 is 0 Å². The van der Waals surface area contributed by atoms with Gasteiger partial charge in [-0.05, 0) is 30.2 Å². The van der Waals surface area contributed by atoms with Crippen molar-refractivity contribution in [3.8, 4) is 5.69 Å². The molecule has 6 heteroatoms. The number of aromatic nitrogens is 3. The molecule has 3 rings (SSSR count). The molecule has 23 heavy (non-hydrogen) atoms. The molecule has 1 amide bonds. The first kappa shape index (κ1) is 15.7. The number of carbonyl (C=O) groups excluding carboxylic acids is 1. The number of hydrogen-bond acceptors (Lipinski definition) is 4. The van der Waals surface area contributed by atoms with Crippen molar-refractivity contribution in [2.75, 3.05) is 32.7 Å². The third-order valence-corrected chi connectivity index (χ3v) is 4.08. The molecule has 1 aliphatic rings. The minimum Gasteiger partial charge on any atom is -0.336 e. The maximum absolute atomic E-state index is 12.6. The summed E-state index contributed by atoms with van der Waals surface area (Å²) in [4.78, 5) is 20.9. The van der Waals surface area contributed by atoms with Gasteiger partial charge in [0, 0.05) is 38.3 Å². The lowest BCUT2D eigenvalue weighted by atomic mass is 10.1. The lowest BCUT2D eigenvalue weighted by Gasteiger charge is -2.35. The van der Waals surface area contributed by atoms with Crippen LogP contribution in [0.2, 0.25) is 0 Å². The van der Waals surface area contributed by atoms with Crippen molar-refractivity contribution in [1.29, 1.82) is 0 Å². The van der Waals surface area contributed by atoms with Gasteiger partial charge in [0.2, 0.25) is 0 Å². The van der Waals surface area contributed by atoms with Crippen molar-refractivity contribution in [1.82, 2.24) is 24.6 Å². The third-order valence-electron chi connectivity index (χ3n) is 4.08. The summed E-state index contributed by atoms with van der Waals surface area (Å²) in [5, 5.41) is 4.09. The molecule has 0 unspecified atom stereocenters. The highest BCUT2D eigenvalue weighted by Gasteiger charge is 2.22. The van der Waals surface area contributed by atoms with Crippen LogP contribution in [0, 0.1) is 5.92 Å². The average Bonchev–Trinajstić information content (AvgIpc) is 3.09. The van der Waals surface area contributed by atoms with Crippen LogP contribution in [0.15, 0.2) is 36.9 Å². The fraction of sp³-hybridized carbons (Fsp3) is 0.471. The molecule has 0 N–H and O–H groups in total. The van der Waals surface area contributed by atoms with Gasteiger partial charge in [-0.1, -0.05) is 13.8 Å². The van der Waals surface area contributed by atoms with Crippen LogP contribution in [0.1, 0.15) is 24.2 Å². The second-order valence-electron chi connectivity index (χ2n) is 6.37. The molecule has 0 atom stereocenters. The fourth-order valence-electron chi connectivity index (χ4n) is 2.93. The number of amides is 1. The van der Waals surface area contributed by atoms with E-state index in [2.05, 4.69) is 28.8 Å². The molecule has 6 nitrogen and oxygen atoms in total. The number of benzene rings is 1. The number of rotatable bonds is 4. The summed E-state index contributed by atoms with van der Waals surface area (Å²) in [6, 6.07) is 7.52. The Morgan fingerprint density at radius 1 is 1.13 bits per heavy atom. The van der Waals surface area contributed by atoms with E-state index < -0.39 is 0 Å². The molecule has 2 aromatic rings. The van der Waals surface area contributed by atoms with Crippen molar-refractivity contribution in [3.05, 3.63) is 42.5 Å². The van der Waals surface area contributed by atoms with Crippen molar-refractivity contribution >= 4 is 5.91 Å². The Morgan fingerprint density at radius 3 is 2.39 bits per heavy atom. The van der Waals surface area contributed by atoms with E-state index in [0.29, 0.717) is 5.92 Å². The third kappa shape index (κ3) is 3.76. The fourth-order valence-corrected chi connectivity index (χ4v) is 2.93. The summed E-state index contributed by atoms with van der Waals surface area (Å²) in [5.41, 5.74) is 1.63. The van der Waals surface area contributed by atoms with E-state index >= 15 is 0 Å². The molecule has 1 saturated heterocycles. The summed E-state index contributed by atoms with van der Waals surface area (Å²) < 4.78 is 1.68. The SMILES string of the molecule is CC(C)CN1CCN(C(=O)c2ccc(-n3cncn3)cc2)CC1. The average molecular weight is 313 g/mol. The number of hydrogen-bond donors (Lipinski definition) is 0. The molecular weight excluding hydrogens is 290 g/mol. The smallest absolute Gasteiger partial charge is 0.253 e. The summed E-state index contributed by atoms with van der Waals surface area (Å²) in [7, 11) is 0. The van der Waals surface area contributed by atoms with Gasteiger partial charge in [0.15, 0.2) is 0 Å². The Bertz CT molecular complexity index is 628. The standard InChI is InChI=1S/C17H23N5O/c1-14(2)11-20-7-9-21(10-8-20)17(23)15-3-5-16(6-4-15)22-13-18-12-19-22/h3-6,12-14H,7-11H2,1-2H3. The van der Waals surface area contributed by atoms with Crippen LogP contribution in [0.5, 0.6) is 0 Å². The van der Waals surface area contributed by atoms with Gasteiger partial charge in [0.25, 0.3) is 5.91 Å². The number of nitrogens with zero attached hydrogens (tertiary/aromatic N) is 5. The minimum absolute atomic E-state index is 0.110. The van der Waals surface area contributed by atoms with Gasteiger partial charge >= 0.3 is 0 Å². The zero-order chi connectivity index (χ0) is 16.2. The van der Waals surface area contributed by atoms with Gasteiger partial charge in [-0.15, -0.1) is 0 Å². The van der Waals surface area contributed by atoms with E-state index in [1.165, 1.54) is 6.33 Å². The molecule has 122 valence electrons. The van der Waals surface area contributed by atoms with E-state index in [0.717, 1.165) is 44.0 Å². The highest BCUT2D eigenvalue weighted by molar-refractivity contribution is 5.94. The Balaban J connectivity index is 1.60. The summed E-state index contributed by atoms with van der Waals surface area (Å²) in [5.74, 6) is 0.779. The summed E-state index contributed by atoms with van der Waals surface area (Å²) in [6.07, 6.45) is 3.14. The van der Waals surface area contributed by atoms with E-state index in [1.807, 2.05) is 29.2 Å². The highest BCUT2D eigenvalue weighted by atomic mass is 16.2. The Hall–Kier alpha value is -2.21.